The van der Waals surface area contributed by atoms with E-state index in [4.69, 9.17) is 10.5 Å². The van der Waals surface area contributed by atoms with Crippen LogP contribution in [0.3, 0.4) is 0 Å². The Morgan fingerprint density at radius 3 is 2.73 bits per heavy atom. The number of hydrogen-bond donors (Lipinski definition) is 1. The van der Waals surface area contributed by atoms with E-state index >= 15 is 0 Å². The van der Waals surface area contributed by atoms with Gasteiger partial charge in [-0.05, 0) is 12.5 Å². The topological polar surface area (TPSA) is 35.2 Å². The van der Waals surface area contributed by atoms with Gasteiger partial charge in [0.25, 0.3) is 0 Å². The minimum absolute atomic E-state index is 0.246. The molecule has 2 nitrogen and oxygen atoms in total. The molecule has 0 heterocycles. The van der Waals surface area contributed by atoms with Crippen LogP contribution in [-0.2, 0) is 4.74 Å². The highest BCUT2D eigenvalue weighted by molar-refractivity contribution is 5.20. The van der Waals surface area contributed by atoms with Crippen LogP contribution in [0.15, 0.2) is 24.3 Å². The van der Waals surface area contributed by atoms with E-state index < -0.39 is 0 Å². The summed E-state index contributed by atoms with van der Waals surface area (Å²) in [6.45, 7) is 3.03. The van der Waals surface area contributed by atoms with Crippen molar-refractivity contribution in [2.45, 2.75) is 25.9 Å². The number of ether oxygens (including phenoxy) is 1. The van der Waals surface area contributed by atoms with E-state index in [2.05, 4.69) is 6.92 Å². The van der Waals surface area contributed by atoms with Gasteiger partial charge in [-0.15, -0.1) is 0 Å². The summed E-state index contributed by atoms with van der Waals surface area (Å²) in [4.78, 5) is 0. The van der Waals surface area contributed by atoms with Crippen LogP contribution >= 0.6 is 0 Å². The summed E-state index contributed by atoms with van der Waals surface area (Å²) in [6, 6.07) is 6.61. The minimum Gasteiger partial charge on any atom is -0.372 e. The lowest BCUT2D eigenvalue weighted by Gasteiger charge is -2.16. The predicted molar refractivity (Wildman–Crippen MR) is 59.1 cm³/mol. The minimum atomic E-state index is -0.322. The van der Waals surface area contributed by atoms with Gasteiger partial charge in [0, 0.05) is 18.7 Å². The van der Waals surface area contributed by atoms with Crippen molar-refractivity contribution in [2.75, 3.05) is 13.2 Å². The van der Waals surface area contributed by atoms with Crippen molar-refractivity contribution >= 4 is 0 Å². The molecule has 0 aliphatic heterocycles. The molecule has 0 bridgehead atoms. The van der Waals surface area contributed by atoms with Crippen LogP contribution in [0.25, 0.3) is 0 Å². The molecule has 0 aliphatic rings. The molecule has 0 radical (unpaired) electrons. The number of hydrogen-bond acceptors (Lipinski definition) is 2. The zero-order valence-corrected chi connectivity index (χ0v) is 9.08. The van der Waals surface area contributed by atoms with E-state index in [1.165, 1.54) is 6.07 Å². The molecule has 0 saturated carbocycles. The molecule has 1 aromatic carbocycles. The molecule has 1 unspecified atom stereocenters. The van der Waals surface area contributed by atoms with Crippen molar-refractivity contribution in [1.82, 2.24) is 0 Å². The Bertz CT molecular complexity index is 291. The molecule has 0 aliphatic carbocycles. The van der Waals surface area contributed by atoms with Crippen LogP contribution in [0.1, 0.15) is 31.4 Å². The van der Waals surface area contributed by atoms with Crippen molar-refractivity contribution in [2.24, 2.45) is 5.73 Å². The number of nitrogens with two attached hydrogens (primary N) is 1. The fraction of sp³-hybridized carbons (Fsp3) is 0.500. The Labute approximate surface area is 90.2 Å². The highest BCUT2D eigenvalue weighted by Crippen LogP contribution is 2.19. The third-order valence-corrected chi connectivity index (χ3v) is 2.28. The number of unbranched alkanes of at least 4 members (excludes halogenated alkanes) is 1. The van der Waals surface area contributed by atoms with Crippen LogP contribution in [-0.4, -0.2) is 13.2 Å². The van der Waals surface area contributed by atoms with E-state index in [1.807, 2.05) is 0 Å². The molecular formula is C12H18FNO. The van der Waals surface area contributed by atoms with E-state index in [-0.39, 0.29) is 11.9 Å². The molecule has 0 saturated heterocycles. The summed E-state index contributed by atoms with van der Waals surface area (Å²) in [5.41, 5.74) is 6.12. The molecule has 1 rings (SSSR count). The first-order chi connectivity index (χ1) is 7.29. The van der Waals surface area contributed by atoms with Crippen molar-refractivity contribution in [3.63, 3.8) is 0 Å². The zero-order valence-electron chi connectivity index (χ0n) is 9.08. The summed E-state index contributed by atoms with van der Waals surface area (Å²) in [6.07, 6.45) is 1.72. The zero-order chi connectivity index (χ0) is 11.1. The molecular weight excluding hydrogens is 193 g/mol. The summed E-state index contributed by atoms with van der Waals surface area (Å²) in [5, 5.41) is 0. The lowest BCUT2D eigenvalue weighted by molar-refractivity contribution is 0.0543. The molecule has 0 fully saturated rings. The summed E-state index contributed by atoms with van der Waals surface area (Å²) in [5.74, 6) is -0.246. The van der Waals surface area contributed by atoms with Gasteiger partial charge in [-0.1, -0.05) is 31.5 Å². The fourth-order valence-electron chi connectivity index (χ4n) is 1.39. The highest BCUT2D eigenvalue weighted by atomic mass is 19.1. The Morgan fingerprint density at radius 2 is 2.13 bits per heavy atom. The van der Waals surface area contributed by atoms with E-state index in [0.29, 0.717) is 18.7 Å². The average molecular weight is 211 g/mol. The van der Waals surface area contributed by atoms with Gasteiger partial charge in [-0.25, -0.2) is 4.39 Å². The van der Waals surface area contributed by atoms with Crippen LogP contribution in [0.2, 0.25) is 0 Å². The molecule has 15 heavy (non-hydrogen) atoms. The lowest BCUT2D eigenvalue weighted by Crippen LogP contribution is -2.17. The molecule has 0 amide bonds. The SMILES string of the molecule is CCCCOC(CN)c1ccccc1F. The molecule has 1 atom stereocenters. The van der Waals surface area contributed by atoms with E-state index in [0.717, 1.165) is 12.8 Å². The molecule has 2 N–H and O–H groups in total. The van der Waals surface area contributed by atoms with Gasteiger partial charge < -0.3 is 10.5 Å². The maximum atomic E-state index is 13.4. The number of benzene rings is 1. The number of rotatable bonds is 6. The largest absolute Gasteiger partial charge is 0.372 e. The van der Waals surface area contributed by atoms with Crippen molar-refractivity contribution < 1.29 is 9.13 Å². The van der Waals surface area contributed by atoms with Crippen molar-refractivity contribution in [3.8, 4) is 0 Å². The van der Waals surface area contributed by atoms with Crippen LogP contribution in [0.5, 0.6) is 0 Å². The standard InChI is InChI=1S/C12H18FNO/c1-2-3-8-15-12(9-14)10-6-4-5-7-11(10)13/h4-7,12H,2-3,8-9,14H2,1H3. The van der Waals surface area contributed by atoms with E-state index in [1.54, 1.807) is 18.2 Å². The van der Waals surface area contributed by atoms with Gasteiger partial charge in [-0.3, -0.25) is 0 Å². The number of halogens is 1. The average Bonchev–Trinajstić information content (AvgIpc) is 2.26. The summed E-state index contributed by atoms with van der Waals surface area (Å²) in [7, 11) is 0. The fourth-order valence-corrected chi connectivity index (χ4v) is 1.39. The maximum Gasteiger partial charge on any atom is 0.129 e. The molecule has 84 valence electrons. The predicted octanol–water partition coefficient (Wildman–Crippen LogP) is 2.64. The first-order valence-electron chi connectivity index (χ1n) is 5.35. The second-order valence-corrected chi connectivity index (χ2v) is 3.47. The molecule has 3 heteroatoms. The van der Waals surface area contributed by atoms with Crippen LogP contribution in [0, 0.1) is 5.82 Å². The molecule has 0 aromatic heterocycles. The van der Waals surface area contributed by atoms with Crippen molar-refractivity contribution in [1.29, 1.82) is 0 Å². The molecule has 1 aromatic rings. The smallest absolute Gasteiger partial charge is 0.129 e. The van der Waals surface area contributed by atoms with Crippen LogP contribution in [0.4, 0.5) is 4.39 Å². The first kappa shape index (κ1) is 12.1. The van der Waals surface area contributed by atoms with E-state index in [9.17, 15) is 4.39 Å². The normalized spacial score (nSPS) is 12.7. The van der Waals surface area contributed by atoms with Gasteiger partial charge in [0.05, 0.1) is 6.10 Å². The Kier molecular flexibility index (Phi) is 5.29. The lowest BCUT2D eigenvalue weighted by atomic mass is 10.1. The maximum absolute atomic E-state index is 13.4. The first-order valence-corrected chi connectivity index (χ1v) is 5.35. The Hall–Kier alpha value is -0.930. The third-order valence-electron chi connectivity index (χ3n) is 2.28. The quantitative estimate of drug-likeness (QED) is 0.734. The van der Waals surface area contributed by atoms with Crippen LogP contribution < -0.4 is 5.73 Å². The Balaban J connectivity index is 2.61. The van der Waals surface area contributed by atoms with Gasteiger partial charge in [0.1, 0.15) is 5.82 Å². The Morgan fingerprint density at radius 1 is 1.40 bits per heavy atom. The van der Waals surface area contributed by atoms with Gasteiger partial charge >= 0.3 is 0 Å². The van der Waals surface area contributed by atoms with Gasteiger partial charge in [0.2, 0.25) is 0 Å². The second-order valence-electron chi connectivity index (χ2n) is 3.47. The summed E-state index contributed by atoms with van der Waals surface area (Å²) >= 11 is 0. The monoisotopic (exact) mass is 211 g/mol. The van der Waals surface area contributed by atoms with Gasteiger partial charge in [0.15, 0.2) is 0 Å². The third kappa shape index (κ3) is 3.61. The van der Waals surface area contributed by atoms with Gasteiger partial charge in [-0.2, -0.15) is 0 Å². The summed E-state index contributed by atoms with van der Waals surface area (Å²) < 4.78 is 18.9. The molecule has 0 spiro atoms. The second kappa shape index (κ2) is 6.53. The van der Waals surface area contributed by atoms with Crippen molar-refractivity contribution in [3.05, 3.63) is 35.6 Å². The highest BCUT2D eigenvalue weighted by Gasteiger charge is 2.13.